The van der Waals surface area contributed by atoms with Gasteiger partial charge in [0.05, 0.1) is 55.8 Å². The predicted octanol–water partition coefficient (Wildman–Crippen LogP) is 2.13. The van der Waals surface area contributed by atoms with Gasteiger partial charge in [0.1, 0.15) is 31.9 Å². The van der Waals surface area contributed by atoms with Gasteiger partial charge in [-0.3, -0.25) is 13.9 Å². The number of benzene rings is 3. The molecule has 0 aromatic heterocycles. The minimum atomic E-state index is -4.02. The molecule has 0 aliphatic carbocycles. The number of nitrogens with two attached hydrogens (primary N) is 1. The molecule has 0 spiro atoms. The minimum absolute atomic E-state index is 0.00875. The third-order valence-electron chi connectivity index (χ3n) is 12.2. The Morgan fingerprint density at radius 2 is 1.72 bits per heavy atom. The van der Waals surface area contributed by atoms with Crippen LogP contribution < -0.4 is 15.4 Å². The lowest BCUT2D eigenvalue weighted by Crippen LogP contribution is -2.65. The second-order valence-corrected chi connectivity index (χ2v) is 17.8. The smallest absolute Gasteiger partial charge is 0.352 e. The van der Waals surface area contributed by atoms with E-state index in [1.54, 1.807) is 19.1 Å². The first kappa shape index (κ1) is 37.0. The Bertz CT molecular complexity index is 2140. The van der Waals surface area contributed by atoms with Crippen LogP contribution in [0.15, 0.2) is 70.8 Å². The number of aliphatic hydroxyl groups is 1. The van der Waals surface area contributed by atoms with E-state index < -0.39 is 45.9 Å². The van der Waals surface area contributed by atoms with Gasteiger partial charge < -0.3 is 35.1 Å². The highest BCUT2D eigenvalue weighted by Gasteiger charge is 2.60. The van der Waals surface area contributed by atoms with Crippen molar-refractivity contribution in [2.75, 3.05) is 76.1 Å². The summed E-state index contributed by atoms with van der Waals surface area (Å²) in [6, 6.07) is 16.4. The number of carboxylic acid groups (broad SMARTS) is 1. The van der Waals surface area contributed by atoms with Crippen molar-refractivity contribution in [2.45, 2.75) is 43.7 Å². The number of anilines is 2. The molecule has 5 N–H and O–H groups in total. The largest absolute Gasteiger partial charge is 0.477 e. The van der Waals surface area contributed by atoms with Crippen LogP contribution in [0.2, 0.25) is 0 Å². The number of nitrogens with one attached hydrogen (secondary N) is 1. The maximum atomic E-state index is 14.1. The maximum absolute atomic E-state index is 14.1. The summed E-state index contributed by atoms with van der Waals surface area (Å²) in [5.74, 6) is -2.94. The average molecular weight is 747 g/mol. The van der Waals surface area contributed by atoms with Gasteiger partial charge in [-0.25, -0.2) is 13.2 Å². The summed E-state index contributed by atoms with van der Waals surface area (Å²) < 4.78 is 31.0. The zero-order valence-electron chi connectivity index (χ0n) is 30.8. The molecular weight excluding hydrogens is 697 g/mol. The molecule has 4 atom stereocenters. The van der Waals surface area contributed by atoms with Crippen LogP contribution in [-0.4, -0.2) is 129 Å². The fraction of sp³-hybridized carbons (Fsp3) is 0.462. The van der Waals surface area contributed by atoms with Crippen molar-refractivity contribution in [1.29, 1.82) is 0 Å². The summed E-state index contributed by atoms with van der Waals surface area (Å²) in [5.41, 5.74) is 9.28. The SMILES string of the molecule is CC(O)C1C(=O)N2C(C(=O)O)=C(CN3c4cccc5c(CC[N+]6(C)CC[N+](C)(CC(=O)Nc7cccc(CCN)c7)CC6)ccc(c45)S3(=O)=O)[C@H](C)C12. The van der Waals surface area contributed by atoms with E-state index >= 15 is 0 Å². The lowest BCUT2D eigenvalue weighted by atomic mass is 9.78. The molecule has 53 heavy (non-hydrogen) atoms. The number of carbonyl (C=O) groups is 3. The van der Waals surface area contributed by atoms with Crippen LogP contribution in [0.25, 0.3) is 10.8 Å². The number of aliphatic hydroxyl groups excluding tert-OH is 1. The summed E-state index contributed by atoms with van der Waals surface area (Å²) in [7, 11) is 0.358. The molecule has 4 heterocycles. The van der Waals surface area contributed by atoms with Gasteiger partial charge in [0.25, 0.3) is 15.9 Å². The van der Waals surface area contributed by atoms with E-state index in [2.05, 4.69) is 19.4 Å². The van der Waals surface area contributed by atoms with Crippen LogP contribution in [0.1, 0.15) is 25.0 Å². The molecule has 0 saturated carbocycles. The van der Waals surface area contributed by atoms with E-state index in [4.69, 9.17) is 5.73 Å². The summed E-state index contributed by atoms with van der Waals surface area (Å²) in [6.45, 7) is 8.39. The molecule has 2 fully saturated rings. The van der Waals surface area contributed by atoms with Crippen LogP contribution in [0, 0.1) is 11.8 Å². The molecule has 14 heteroatoms. The van der Waals surface area contributed by atoms with Crippen LogP contribution in [-0.2, 0) is 37.2 Å². The lowest BCUT2D eigenvalue weighted by Gasteiger charge is -2.46. The summed E-state index contributed by atoms with van der Waals surface area (Å²) in [5, 5.41) is 25.0. The molecular formula is C39H50N6O7S+2. The summed E-state index contributed by atoms with van der Waals surface area (Å²) in [6.07, 6.45) is 0.536. The highest BCUT2D eigenvalue weighted by molar-refractivity contribution is 7.93. The number of fused-ring (bicyclic) bond motifs is 1. The Labute approximate surface area is 310 Å². The number of likely N-dealkylation sites (N-methyl/N-ethyl adjacent to an activating group) is 2. The van der Waals surface area contributed by atoms with Gasteiger partial charge in [0, 0.05) is 23.4 Å². The zero-order chi connectivity index (χ0) is 38.0. The van der Waals surface area contributed by atoms with Gasteiger partial charge in [-0.2, -0.15) is 0 Å². The number of carboxylic acids is 1. The first-order chi connectivity index (χ1) is 25.1. The van der Waals surface area contributed by atoms with Crippen molar-refractivity contribution < 1.29 is 42.0 Å². The Balaban J connectivity index is 1.05. The summed E-state index contributed by atoms with van der Waals surface area (Å²) in [4.78, 5) is 39.8. The molecule has 4 aliphatic rings. The monoisotopic (exact) mass is 746 g/mol. The van der Waals surface area contributed by atoms with Crippen LogP contribution in [0.3, 0.4) is 0 Å². The number of β-lactam (4-membered cyclic amide) rings is 1. The van der Waals surface area contributed by atoms with E-state index in [1.165, 1.54) is 16.1 Å². The van der Waals surface area contributed by atoms with Crippen molar-refractivity contribution in [2.24, 2.45) is 17.6 Å². The maximum Gasteiger partial charge on any atom is 0.352 e. The van der Waals surface area contributed by atoms with Crippen LogP contribution in [0.4, 0.5) is 11.4 Å². The first-order valence-electron chi connectivity index (χ1n) is 18.4. The number of sulfonamides is 1. The van der Waals surface area contributed by atoms with Crippen molar-refractivity contribution in [1.82, 2.24) is 4.90 Å². The number of hydrogen-bond acceptors (Lipinski definition) is 7. The number of piperazine rings is 1. The van der Waals surface area contributed by atoms with Gasteiger partial charge in [0.2, 0.25) is 5.91 Å². The van der Waals surface area contributed by atoms with Gasteiger partial charge in [0.15, 0.2) is 6.54 Å². The van der Waals surface area contributed by atoms with Crippen molar-refractivity contribution in [3.05, 3.63) is 77.0 Å². The fourth-order valence-corrected chi connectivity index (χ4v) is 10.6. The van der Waals surface area contributed by atoms with E-state index in [0.717, 1.165) is 72.2 Å². The second kappa shape index (κ2) is 13.5. The molecule has 3 aromatic carbocycles. The predicted molar refractivity (Wildman–Crippen MR) is 201 cm³/mol. The number of amides is 2. The molecule has 7 rings (SSSR count). The Morgan fingerprint density at radius 1 is 1.02 bits per heavy atom. The van der Waals surface area contributed by atoms with Gasteiger partial charge in [-0.15, -0.1) is 0 Å². The third kappa shape index (κ3) is 6.39. The lowest BCUT2D eigenvalue weighted by molar-refractivity contribution is -1.01. The van der Waals surface area contributed by atoms with Crippen LogP contribution >= 0.6 is 0 Å². The molecule has 2 saturated heterocycles. The zero-order valence-corrected chi connectivity index (χ0v) is 31.6. The molecule has 13 nitrogen and oxygen atoms in total. The second-order valence-electron chi connectivity index (χ2n) is 15.9. The first-order valence-corrected chi connectivity index (χ1v) is 19.8. The molecule has 0 bridgehead atoms. The number of aliphatic carboxylic acids is 1. The highest BCUT2D eigenvalue weighted by Crippen LogP contribution is 2.50. The van der Waals surface area contributed by atoms with Gasteiger partial charge in [-0.1, -0.05) is 37.3 Å². The standard InChI is InChI=1S/C39H48N6O7S/c1-24-30(37(39(49)50)43-36(24)34(25(2)46)38(43)48)22-42-31-10-6-9-29-27(11-12-32(35(29)31)53(42,51)52)14-16-44(3)17-19-45(4,20-18-44)23-33(47)41-28-8-5-7-26(21-28)13-15-40/h5-12,21,24-25,34,36,46H,13-20,22-23,40H2,1-4H3/p+2/t24-,25?,34?,36?,44?,45?/m0/s1. The topological polar surface area (TPSA) is 170 Å². The third-order valence-corrected chi connectivity index (χ3v) is 14.0. The highest BCUT2D eigenvalue weighted by atomic mass is 32.2. The fourth-order valence-electron chi connectivity index (χ4n) is 8.96. The van der Waals surface area contributed by atoms with E-state index in [-0.39, 0.29) is 23.0 Å². The molecule has 3 unspecified atom stereocenters. The molecule has 4 aliphatic heterocycles. The Morgan fingerprint density at radius 3 is 2.40 bits per heavy atom. The van der Waals surface area contributed by atoms with Gasteiger partial charge in [-0.05, 0) is 66.2 Å². The Hall–Kier alpha value is -4.34. The van der Waals surface area contributed by atoms with Gasteiger partial charge >= 0.3 is 5.97 Å². The number of quaternary nitrogens is 2. The quantitative estimate of drug-likeness (QED) is 0.162. The van der Waals surface area contributed by atoms with Crippen molar-refractivity contribution >= 4 is 50.0 Å². The average Bonchev–Trinajstić information content (AvgIpc) is 3.47. The minimum Gasteiger partial charge on any atom is -0.477 e. The molecule has 282 valence electrons. The number of carbonyl (C=O) groups excluding carboxylic acids is 2. The molecule has 0 radical (unpaired) electrons. The van der Waals surface area contributed by atoms with Crippen molar-refractivity contribution in [3.8, 4) is 0 Å². The van der Waals surface area contributed by atoms with Crippen LogP contribution in [0.5, 0.6) is 0 Å². The normalized spacial score (nSPS) is 27.9. The number of nitrogens with zero attached hydrogens (tertiary/aromatic N) is 4. The van der Waals surface area contributed by atoms with E-state index in [1.807, 2.05) is 42.5 Å². The van der Waals surface area contributed by atoms with E-state index in [9.17, 15) is 33.0 Å². The molecule has 2 amide bonds. The van der Waals surface area contributed by atoms with E-state index in [0.29, 0.717) is 34.2 Å². The van der Waals surface area contributed by atoms with Crippen molar-refractivity contribution in [3.63, 3.8) is 0 Å². The number of rotatable bonds is 12. The summed E-state index contributed by atoms with van der Waals surface area (Å²) >= 11 is 0. The Kier molecular flexibility index (Phi) is 9.43. The number of hydrogen-bond donors (Lipinski definition) is 4. The molecule has 3 aromatic rings.